The molecule has 0 saturated heterocycles. The number of carboxylic acids is 1. The van der Waals surface area contributed by atoms with Gasteiger partial charge in [-0.05, 0) is 55.3 Å². The van der Waals surface area contributed by atoms with E-state index in [0.717, 1.165) is 11.1 Å². The van der Waals surface area contributed by atoms with E-state index in [1.54, 1.807) is 12.1 Å². The van der Waals surface area contributed by atoms with E-state index in [0.29, 0.717) is 5.69 Å². The molecule has 0 aliphatic heterocycles. The summed E-state index contributed by atoms with van der Waals surface area (Å²) in [7, 11) is -3.82. The minimum Gasteiger partial charge on any atom is -0.480 e. The number of sulfonamides is 1. The van der Waals surface area contributed by atoms with Gasteiger partial charge in [-0.15, -0.1) is 0 Å². The number of halogens is 1. The van der Waals surface area contributed by atoms with Crippen molar-refractivity contribution in [2.24, 2.45) is 0 Å². The van der Waals surface area contributed by atoms with Gasteiger partial charge in [-0.3, -0.25) is 4.72 Å². The second-order valence-electron chi connectivity index (χ2n) is 5.26. The lowest BCUT2D eigenvalue weighted by Gasteiger charge is -2.11. The third-order valence-corrected chi connectivity index (χ3v) is 4.71. The number of aryl methyl sites for hydroxylation is 2. The summed E-state index contributed by atoms with van der Waals surface area (Å²) in [6.45, 7) is 3.18. The van der Waals surface area contributed by atoms with E-state index in [4.69, 9.17) is 21.4 Å². The lowest BCUT2D eigenvalue weighted by Crippen LogP contribution is -2.14. The van der Waals surface area contributed by atoms with E-state index < -0.39 is 22.6 Å². The van der Waals surface area contributed by atoms with Gasteiger partial charge in [0.05, 0.1) is 9.92 Å². The standard InChI is InChI=1S/C16H16ClNO5S/c1-10-5-11(2)7-12(6-10)18-24(21,22)13-3-4-15(14(17)8-13)23-9-16(19)20/h3-8,18H,9H2,1-2H3,(H,19,20). The Morgan fingerprint density at radius 2 is 1.79 bits per heavy atom. The van der Waals surface area contributed by atoms with Crippen molar-refractivity contribution in [1.82, 2.24) is 0 Å². The van der Waals surface area contributed by atoms with Crippen LogP contribution in [-0.4, -0.2) is 26.1 Å². The minimum absolute atomic E-state index is 0.0135. The number of nitrogens with one attached hydrogen (secondary N) is 1. The number of hydrogen-bond donors (Lipinski definition) is 2. The summed E-state index contributed by atoms with van der Waals surface area (Å²) in [6.07, 6.45) is 0. The molecule has 0 unspecified atom stereocenters. The van der Waals surface area contributed by atoms with E-state index in [2.05, 4.69) is 4.72 Å². The maximum Gasteiger partial charge on any atom is 0.341 e. The van der Waals surface area contributed by atoms with Crippen molar-refractivity contribution in [3.63, 3.8) is 0 Å². The summed E-state index contributed by atoms with van der Waals surface area (Å²) in [5.74, 6) is -1.05. The Hall–Kier alpha value is -2.25. The molecule has 0 spiro atoms. The van der Waals surface area contributed by atoms with Gasteiger partial charge in [0.15, 0.2) is 6.61 Å². The van der Waals surface area contributed by atoms with Crippen LogP contribution in [0.3, 0.4) is 0 Å². The van der Waals surface area contributed by atoms with Crippen molar-refractivity contribution in [3.05, 3.63) is 52.5 Å². The van der Waals surface area contributed by atoms with Gasteiger partial charge in [-0.1, -0.05) is 17.7 Å². The summed E-state index contributed by atoms with van der Waals surface area (Å²) in [4.78, 5) is 10.4. The van der Waals surface area contributed by atoms with Crippen LogP contribution < -0.4 is 9.46 Å². The molecule has 24 heavy (non-hydrogen) atoms. The maximum absolute atomic E-state index is 12.4. The van der Waals surface area contributed by atoms with Crippen molar-refractivity contribution in [1.29, 1.82) is 0 Å². The molecule has 0 radical (unpaired) electrons. The molecular formula is C16H16ClNO5S. The average molecular weight is 370 g/mol. The highest BCUT2D eigenvalue weighted by atomic mass is 35.5. The zero-order valence-corrected chi connectivity index (χ0v) is 14.6. The van der Waals surface area contributed by atoms with Crippen LogP contribution in [-0.2, 0) is 14.8 Å². The Kier molecular flexibility index (Phi) is 5.36. The molecule has 0 saturated carbocycles. The molecular weight excluding hydrogens is 354 g/mol. The fourth-order valence-corrected chi connectivity index (χ4v) is 3.52. The molecule has 8 heteroatoms. The largest absolute Gasteiger partial charge is 0.480 e. The number of carbonyl (C=O) groups is 1. The van der Waals surface area contributed by atoms with Crippen LogP contribution in [0.25, 0.3) is 0 Å². The van der Waals surface area contributed by atoms with Gasteiger partial charge in [-0.25, -0.2) is 13.2 Å². The summed E-state index contributed by atoms with van der Waals surface area (Å²) in [6, 6.07) is 9.20. The van der Waals surface area contributed by atoms with E-state index >= 15 is 0 Å². The first kappa shape index (κ1) is 18.1. The monoisotopic (exact) mass is 369 g/mol. The van der Waals surface area contributed by atoms with Crippen LogP contribution in [0.2, 0.25) is 5.02 Å². The Balaban J connectivity index is 2.25. The topological polar surface area (TPSA) is 92.7 Å². The molecule has 2 aromatic carbocycles. The molecule has 0 aromatic heterocycles. The minimum atomic E-state index is -3.82. The molecule has 2 rings (SSSR count). The van der Waals surface area contributed by atoms with Gasteiger partial charge in [0.25, 0.3) is 10.0 Å². The third-order valence-electron chi connectivity index (χ3n) is 3.04. The second-order valence-corrected chi connectivity index (χ2v) is 7.35. The fourth-order valence-electron chi connectivity index (χ4n) is 2.15. The zero-order valence-electron chi connectivity index (χ0n) is 13.0. The molecule has 0 aliphatic carbocycles. The van der Waals surface area contributed by atoms with Crippen LogP contribution in [0.15, 0.2) is 41.3 Å². The zero-order chi connectivity index (χ0) is 17.9. The lowest BCUT2D eigenvalue weighted by atomic mass is 10.1. The number of hydrogen-bond acceptors (Lipinski definition) is 4. The maximum atomic E-state index is 12.4. The normalized spacial score (nSPS) is 11.1. The molecule has 0 bridgehead atoms. The molecule has 0 heterocycles. The summed E-state index contributed by atoms with van der Waals surface area (Å²) in [5, 5.41) is 8.60. The van der Waals surface area contributed by atoms with Gasteiger partial charge in [-0.2, -0.15) is 0 Å². The molecule has 0 amide bonds. The van der Waals surface area contributed by atoms with Crippen molar-refractivity contribution < 1.29 is 23.1 Å². The highest BCUT2D eigenvalue weighted by molar-refractivity contribution is 7.92. The van der Waals surface area contributed by atoms with Gasteiger partial charge in [0, 0.05) is 5.69 Å². The molecule has 2 aromatic rings. The van der Waals surface area contributed by atoms with Crippen LogP contribution in [0.5, 0.6) is 5.75 Å². The van der Waals surface area contributed by atoms with Crippen LogP contribution >= 0.6 is 11.6 Å². The number of rotatable bonds is 6. The quantitative estimate of drug-likeness (QED) is 0.815. The van der Waals surface area contributed by atoms with Crippen molar-refractivity contribution in [2.45, 2.75) is 18.7 Å². The Morgan fingerprint density at radius 3 is 2.33 bits per heavy atom. The third kappa shape index (κ3) is 4.62. The molecule has 0 fully saturated rings. The van der Waals surface area contributed by atoms with Crippen LogP contribution in [0, 0.1) is 13.8 Å². The Morgan fingerprint density at radius 1 is 1.17 bits per heavy atom. The number of ether oxygens (including phenoxy) is 1. The highest BCUT2D eigenvalue weighted by Gasteiger charge is 2.17. The molecule has 2 N–H and O–H groups in total. The summed E-state index contributed by atoms with van der Waals surface area (Å²) >= 11 is 5.96. The van der Waals surface area contributed by atoms with E-state index in [1.807, 2.05) is 19.9 Å². The molecule has 128 valence electrons. The number of benzene rings is 2. The number of aliphatic carboxylic acids is 1. The Bertz CT molecular complexity index is 860. The second kappa shape index (κ2) is 7.11. The number of carboxylic acid groups (broad SMARTS) is 1. The summed E-state index contributed by atoms with van der Waals surface area (Å²) in [5.41, 5.74) is 2.32. The Labute approximate surface area is 145 Å². The van der Waals surface area contributed by atoms with Crippen molar-refractivity contribution in [3.8, 4) is 5.75 Å². The first-order valence-electron chi connectivity index (χ1n) is 6.92. The van der Waals surface area contributed by atoms with Crippen molar-refractivity contribution in [2.75, 3.05) is 11.3 Å². The molecule has 0 aliphatic rings. The first-order chi connectivity index (χ1) is 11.2. The fraction of sp³-hybridized carbons (Fsp3) is 0.188. The predicted octanol–water partition coefficient (Wildman–Crippen LogP) is 3.22. The predicted molar refractivity (Wildman–Crippen MR) is 91.3 cm³/mol. The smallest absolute Gasteiger partial charge is 0.341 e. The van der Waals surface area contributed by atoms with E-state index in [1.165, 1.54) is 18.2 Å². The van der Waals surface area contributed by atoms with E-state index in [-0.39, 0.29) is 15.7 Å². The molecule has 0 atom stereocenters. The number of anilines is 1. The van der Waals surface area contributed by atoms with Crippen LogP contribution in [0.1, 0.15) is 11.1 Å². The SMILES string of the molecule is Cc1cc(C)cc(NS(=O)(=O)c2ccc(OCC(=O)O)c(Cl)c2)c1. The highest BCUT2D eigenvalue weighted by Crippen LogP contribution is 2.28. The van der Waals surface area contributed by atoms with Crippen molar-refractivity contribution >= 4 is 33.3 Å². The van der Waals surface area contributed by atoms with E-state index in [9.17, 15) is 13.2 Å². The lowest BCUT2D eigenvalue weighted by molar-refractivity contribution is -0.139. The van der Waals surface area contributed by atoms with Gasteiger partial charge in [0.1, 0.15) is 5.75 Å². The summed E-state index contributed by atoms with van der Waals surface area (Å²) < 4.78 is 32.4. The molecule has 6 nitrogen and oxygen atoms in total. The van der Waals surface area contributed by atoms with Gasteiger partial charge < -0.3 is 9.84 Å². The van der Waals surface area contributed by atoms with Crippen LogP contribution in [0.4, 0.5) is 5.69 Å². The first-order valence-corrected chi connectivity index (χ1v) is 8.79. The average Bonchev–Trinajstić information content (AvgIpc) is 2.44. The van der Waals surface area contributed by atoms with Gasteiger partial charge in [0.2, 0.25) is 0 Å². The van der Waals surface area contributed by atoms with Gasteiger partial charge >= 0.3 is 5.97 Å².